The maximum atomic E-state index is 10.3. The quantitative estimate of drug-likeness (QED) is 0.590. The highest BCUT2D eigenvalue weighted by molar-refractivity contribution is 5.44. The third-order valence-electron chi connectivity index (χ3n) is 6.05. The van der Waals surface area contributed by atoms with Gasteiger partial charge in [-0.25, -0.2) is 0 Å². The highest BCUT2D eigenvalue weighted by Crippen LogP contribution is 2.38. The Labute approximate surface area is 161 Å². The summed E-state index contributed by atoms with van der Waals surface area (Å²) < 4.78 is 6.10. The van der Waals surface area contributed by atoms with E-state index in [4.69, 9.17) is 4.74 Å². The standard InChI is InChI=1S/C23H41NO2/c1-9-22(5,6)18-13-14-21(20(15-18)23(7,8)10-2)26-17-19(25)16-24(11-3)12-4/h13-15,19,25H,9-12,16-17H2,1-8H3/t19-/m1/s1. The largest absolute Gasteiger partial charge is 0.491 e. The first-order valence-electron chi connectivity index (χ1n) is 10.3. The summed E-state index contributed by atoms with van der Waals surface area (Å²) in [6, 6.07) is 6.60. The van der Waals surface area contributed by atoms with Gasteiger partial charge in [-0.05, 0) is 48.4 Å². The van der Waals surface area contributed by atoms with Crippen LogP contribution in [0.2, 0.25) is 0 Å². The van der Waals surface area contributed by atoms with E-state index >= 15 is 0 Å². The molecule has 1 atom stereocenters. The molecule has 0 aliphatic carbocycles. The van der Waals surface area contributed by atoms with Crippen molar-refractivity contribution in [2.24, 2.45) is 0 Å². The minimum Gasteiger partial charge on any atom is -0.491 e. The van der Waals surface area contributed by atoms with Crippen LogP contribution in [0.4, 0.5) is 0 Å². The van der Waals surface area contributed by atoms with Crippen molar-refractivity contribution in [1.82, 2.24) is 4.90 Å². The van der Waals surface area contributed by atoms with Gasteiger partial charge >= 0.3 is 0 Å². The van der Waals surface area contributed by atoms with Crippen molar-refractivity contribution in [2.45, 2.75) is 85.2 Å². The van der Waals surface area contributed by atoms with Crippen LogP contribution in [0.25, 0.3) is 0 Å². The summed E-state index contributed by atoms with van der Waals surface area (Å²) in [7, 11) is 0. The average Bonchev–Trinajstić information content (AvgIpc) is 2.64. The molecule has 1 aromatic carbocycles. The second-order valence-electron chi connectivity index (χ2n) is 8.64. The van der Waals surface area contributed by atoms with Crippen LogP contribution in [-0.4, -0.2) is 42.4 Å². The summed E-state index contributed by atoms with van der Waals surface area (Å²) in [5.74, 6) is 0.908. The Morgan fingerprint density at radius 1 is 0.962 bits per heavy atom. The summed E-state index contributed by atoms with van der Waals surface area (Å²) >= 11 is 0. The number of rotatable bonds is 11. The first kappa shape index (κ1) is 23.0. The fraction of sp³-hybridized carbons (Fsp3) is 0.739. The fourth-order valence-corrected chi connectivity index (χ4v) is 3.02. The molecule has 0 aliphatic heterocycles. The van der Waals surface area contributed by atoms with Crippen molar-refractivity contribution < 1.29 is 9.84 Å². The maximum Gasteiger partial charge on any atom is 0.123 e. The molecule has 0 unspecified atom stereocenters. The molecule has 3 nitrogen and oxygen atoms in total. The lowest BCUT2D eigenvalue weighted by molar-refractivity contribution is 0.0708. The molecule has 0 aromatic heterocycles. The Morgan fingerprint density at radius 3 is 2.04 bits per heavy atom. The normalized spacial score (nSPS) is 13.9. The van der Waals surface area contributed by atoms with Gasteiger partial charge in [0.1, 0.15) is 18.5 Å². The smallest absolute Gasteiger partial charge is 0.123 e. The summed E-state index contributed by atoms with van der Waals surface area (Å²) in [6.07, 6.45) is 1.67. The van der Waals surface area contributed by atoms with Gasteiger partial charge in [-0.3, -0.25) is 0 Å². The summed E-state index contributed by atoms with van der Waals surface area (Å²) in [5.41, 5.74) is 2.79. The fourth-order valence-electron chi connectivity index (χ4n) is 3.02. The van der Waals surface area contributed by atoms with E-state index in [2.05, 4.69) is 78.5 Å². The Hall–Kier alpha value is -1.06. The maximum absolute atomic E-state index is 10.3. The van der Waals surface area contributed by atoms with Gasteiger partial charge in [0.05, 0.1) is 0 Å². The zero-order valence-corrected chi connectivity index (χ0v) is 18.4. The van der Waals surface area contributed by atoms with E-state index in [1.54, 1.807) is 0 Å². The molecule has 0 heterocycles. The second-order valence-corrected chi connectivity index (χ2v) is 8.64. The molecule has 0 fully saturated rings. The Bertz CT molecular complexity index is 547. The third kappa shape index (κ3) is 5.99. The lowest BCUT2D eigenvalue weighted by atomic mass is 9.76. The van der Waals surface area contributed by atoms with Gasteiger partial charge in [-0.15, -0.1) is 0 Å². The molecule has 26 heavy (non-hydrogen) atoms. The zero-order valence-electron chi connectivity index (χ0n) is 18.4. The van der Waals surface area contributed by atoms with Crippen molar-refractivity contribution in [3.63, 3.8) is 0 Å². The molecule has 0 radical (unpaired) electrons. The number of hydrogen-bond acceptors (Lipinski definition) is 3. The van der Waals surface area contributed by atoms with Crippen LogP contribution in [0, 0.1) is 0 Å². The highest BCUT2D eigenvalue weighted by atomic mass is 16.5. The van der Waals surface area contributed by atoms with Crippen LogP contribution >= 0.6 is 0 Å². The van der Waals surface area contributed by atoms with E-state index in [0.717, 1.165) is 31.7 Å². The number of benzene rings is 1. The van der Waals surface area contributed by atoms with E-state index in [0.29, 0.717) is 13.2 Å². The van der Waals surface area contributed by atoms with Gasteiger partial charge in [-0.2, -0.15) is 0 Å². The number of nitrogens with zero attached hydrogens (tertiary/aromatic N) is 1. The van der Waals surface area contributed by atoms with Crippen LogP contribution in [0.1, 0.15) is 79.4 Å². The molecule has 0 amide bonds. The van der Waals surface area contributed by atoms with Crippen molar-refractivity contribution in [3.8, 4) is 5.75 Å². The second kappa shape index (κ2) is 9.75. The van der Waals surface area contributed by atoms with E-state index in [9.17, 15) is 5.11 Å². The first-order valence-corrected chi connectivity index (χ1v) is 10.3. The number of aliphatic hydroxyl groups is 1. The Morgan fingerprint density at radius 2 is 1.54 bits per heavy atom. The summed E-state index contributed by atoms with van der Waals surface area (Å²) in [4.78, 5) is 2.22. The molecule has 1 rings (SSSR count). The van der Waals surface area contributed by atoms with Crippen molar-refractivity contribution in [1.29, 1.82) is 0 Å². The average molecular weight is 364 g/mol. The van der Waals surface area contributed by atoms with Crippen LogP contribution in [0.5, 0.6) is 5.75 Å². The monoisotopic (exact) mass is 363 g/mol. The molecule has 1 aromatic rings. The van der Waals surface area contributed by atoms with E-state index < -0.39 is 6.10 Å². The molecule has 1 N–H and O–H groups in total. The predicted octanol–water partition coefficient (Wildman–Crippen LogP) is 5.14. The molecular weight excluding hydrogens is 322 g/mol. The molecule has 0 bridgehead atoms. The number of ether oxygens (including phenoxy) is 1. The topological polar surface area (TPSA) is 32.7 Å². The number of hydrogen-bond donors (Lipinski definition) is 1. The molecule has 3 heteroatoms. The number of likely N-dealkylation sites (N-methyl/N-ethyl adjacent to an activating group) is 1. The zero-order chi connectivity index (χ0) is 20.0. The SMILES string of the molecule is CCN(CC)C[C@@H](O)COc1ccc(C(C)(C)CC)cc1C(C)(C)CC. The lowest BCUT2D eigenvalue weighted by Crippen LogP contribution is -2.35. The van der Waals surface area contributed by atoms with E-state index in [1.165, 1.54) is 11.1 Å². The Balaban J connectivity index is 3.03. The predicted molar refractivity (Wildman–Crippen MR) is 112 cm³/mol. The van der Waals surface area contributed by atoms with Gasteiger partial charge < -0.3 is 14.7 Å². The summed E-state index contributed by atoms with van der Waals surface area (Å²) in [5, 5.41) is 10.3. The molecule has 0 spiro atoms. The van der Waals surface area contributed by atoms with Crippen molar-refractivity contribution in [2.75, 3.05) is 26.2 Å². The molecule has 0 saturated heterocycles. The summed E-state index contributed by atoms with van der Waals surface area (Å²) in [6.45, 7) is 20.7. The highest BCUT2D eigenvalue weighted by Gasteiger charge is 2.27. The van der Waals surface area contributed by atoms with Gasteiger partial charge in [0.15, 0.2) is 0 Å². The van der Waals surface area contributed by atoms with Crippen LogP contribution in [0.15, 0.2) is 18.2 Å². The molecule has 0 saturated carbocycles. The number of aliphatic hydroxyl groups excluding tert-OH is 1. The molecule has 0 aliphatic rings. The van der Waals surface area contributed by atoms with Crippen molar-refractivity contribution in [3.05, 3.63) is 29.3 Å². The lowest BCUT2D eigenvalue weighted by Gasteiger charge is -2.31. The minimum atomic E-state index is -0.473. The van der Waals surface area contributed by atoms with Gasteiger partial charge in [0.2, 0.25) is 0 Å². The molecule has 150 valence electrons. The first-order chi connectivity index (χ1) is 12.1. The Kier molecular flexibility index (Phi) is 8.62. The van der Waals surface area contributed by atoms with Gasteiger partial charge in [0, 0.05) is 12.1 Å². The van der Waals surface area contributed by atoms with E-state index in [1.807, 2.05) is 0 Å². The third-order valence-corrected chi connectivity index (χ3v) is 6.05. The van der Waals surface area contributed by atoms with Crippen LogP contribution in [-0.2, 0) is 10.8 Å². The van der Waals surface area contributed by atoms with Crippen LogP contribution in [0.3, 0.4) is 0 Å². The van der Waals surface area contributed by atoms with Gasteiger partial charge in [0.25, 0.3) is 0 Å². The van der Waals surface area contributed by atoms with E-state index in [-0.39, 0.29) is 10.8 Å². The van der Waals surface area contributed by atoms with Gasteiger partial charge in [-0.1, -0.05) is 67.5 Å². The minimum absolute atomic E-state index is 0.0407. The van der Waals surface area contributed by atoms with Crippen LogP contribution < -0.4 is 4.74 Å². The molecular formula is C23H41NO2. The van der Waals surface area contributed by atoms with Crippen molar-refractivity contribution >= 4 is 0 Å².